The fourth-order valence-corrected chi connectivity index (χ4v) is 5.06. The number of aromatic nitrogens is 1. The predicted octanol–water partition coefficient (Wildman–Crippen LogP) is 2.23. The third-order valence-electron chi connectivity index (χ3n) is 6.60. The van der Waals surface area contributed by atoms with Gasteiger partial charge in [0.1, 0.15) is 17.6 Å². The first-order chi connectivity index (χ1) is 14.4. The zero-order chi connectivity index (χ0) is 21.0. The van der Waals surface area contributed by atoms with Gasteiger partial charge < -0.3 is 19.1 Å². The predicted molar refractivity (Wildman–Crippen MR) is 108 cm³/mol. The molecule has 4 heterocycles. The molecular weight excluding hydrogens is 382 g/mol. The van der Waals surface area contributed by atoms with Crippen LogP contribution in [0.2, 0.25) is 0 Å². The molecule has 156 valence electrons. The number of likely N-dealkylation sites (tertiary alicyclic amines) is 1. The van der Waals surface area contributed by atoms with Crippen LogP contribution in [0.1, 0.15) is 22.4 Å². The third kappa shape index (κ3) is 2.88. The number of ether oxygens (including phenoxy) is 1. The van der Waals surface area contributed by atoms with E-state index in [1.54, 1.807) is 18.0 Å². The number of hydrogen-bond acceptors (Lipinski definition) is 5. The molecule has 2 fully saturated rings. The second-order valence-electron chi connectivity index (χ2n) is 8.71. The van der Waals surface area contributed by atoms with E-state index in [9.17, 15) is 9.59 Å². The summed E-state index contributed by atoms with van der Waals surface area (Å²) in [6.07, 6.45) is 5.06. The Hall–Kier alpha value is -2.93. The smallest absolute Gasteiger partial charge is 0.230 e. The van der Waals surface area contributed by atoms with Crippen molar-refractivity contribution in [3.63, 3.8) is 0 Å². The molecule has 0 N–H and O–H groups in total. The highest BCUT2D eigenvalue weighted by Gasteiger charge is 2.67. The molecular formula is C23H25N3O4. The van der Waals surface area contributed by atoms with Gasteiger partial charge in [0.25, 0.3) is 0 Å². The van der Waals surface area contributed by atoms with Crippen molar-refractivity contribution in [2.75, 3.05) is 13.6 Å². The number of benzene rings is 1. The zero-order valence-corrected chi connectivity index (χ0v) is 17.4. The van der Waals surface area contributed by atoms with Crippen molar-refractivity contribution >= 4 is 11.8 Å². The van der Waals surface area contributed by atoms with E-state index in [2.05, 4.69) is 37.2 Å². The van der Waals surface area contributed by atoms with Crippen LogP contribution in [0.3, 0.4) is 0 Å². The van der Waals surface area contributed by atoms with Gasteiger partial charge in [-0.1, -0.05) is 41.1 Å². The molecule has 4 atom stereocenters. The van der Waals surface area contributed by atoms with E-state index in [4.69, 9.17) is 9.26 Å². The molecule has 0 unspecified atom stereocenters. The highest BCUT2D eigenvalue weighted by Crippen LogP contribution is 2.52. The van der Waals surface area contributed by atoms with E-state index in [0.717, 1.165) is 11.1 Å². The Balaban J connectivity index is 1.38. The molecule has 5 rings (SSSR count). The number of carbonyl (C=O) groups excluding carboxylic acids is 2. The van der Waals surface area contributed by atoms with E-state index in [-0.39, 0.29) is 17.9 Å². The van der Waals surface area contributed by atoms with Gasteiger partial charge in [-0.2, -0.15) is 0 Å². The maximum absolute atomic E-state index is 13.4. The van der Waals surface area contributed by atoms with Crippen molar-refractivity contribution in [3.8, 4) is 0 Å². The summed E-state index contributed by atoms with van der Waals surface area (Å²) in [5.41, 5.74) is 3.43. The molecule has 1 spiro atoms. The molecule has 1 aromatic carbocycles. The first-order valence-corrected chi connectivity index (χ1v) is 10.2. The van der Waals surface area contributed by atoms with Crippen LogP contribution in [0.5, 0.6) is 0 Å². The number of aryl methyl sites for hydroxylation is 2. The minimum absolute atomic E-state index is 0.00376. The molecule has 30 heavy (non-hydrogen) atoms. The lowest BCUT2D eigenvalue weighted by molar-refractivity contribution is -0.143. The maximum Gasteiger partial charge on any atom is 0.230 e. The lowest BCUT2D eigenvalue weighted by Crippen LogP contribution is -2.44. The number of rotatable bonds is 5. The van der Waals surface area contributed by atoms with Crippen LogP contribution in [0.25, 0.3) is 0 Å². The van der Waals surface area contributed by atoms with E-state index in [1.807, 2.05) is 17.1 Å². The third-order valence-corrected chi connectivity index (χ3v) is 6.60. The van der Waals surface area contributed by atoms with Crippen molar-refractivity contribution in [2.24, 2.45) is 11.8 Å². The lowest BCUT2D eigenvalue weighted by atomic mass is 9.76. The zero-order valence-electron chi connectivity index (χ0n) is 17.4. The summed E-state index contributed by atoms with van der Waals surface area (Å²) in [5.74, 6) is -1.09. The largest absolute Gasteiger partial charge is 0.364 e. The molecule has 2 saturated heterocycles. The van der Waals surface area contributed by atoms with Crippen molar-refractivity contribution < 1.29 is 18.8 Å². The average Bonchev–Trinajstić information content (AvgIpc) is 3.47. The number of amides is 2. The van der Waals surface area contributed by atoms with Crippen LogP contribution in [-0.4, -0.2) is 52.1 Å². The van der Waals surface area contributed by atoms with E-state index in [0.29, 0.717) is 25.3 Å². The molecule has 0 radical (unpaired) electrons. The van der Waals surface area contributed by atoms with Crippen LogP contribution in [-0.2, 0) is 27.4 Å². The molecule has 2 aromatic rings. The topological polar surface area (TPSA) is 75.9 Å². The maximum atomic E-state index is 13.4. The molecule has 3 aliphatic rings. The Labute approximate surface area is 175 Å². The minimum atomic E-state index is -0.700. The number of carbonyl (C=O) groups is 2. The molecule has 0 saturated carbocycles. The summed E-state index contributed by atoms with van der Waals surface area (Å²) in [4.78, 5) is 30.2. The second kappa shape index (κ2) is 6.80. The van der Waals surface area contributed by atoms with Gasteiger partial charge in [-0.15, -0.1) is 0 Å². The molecule has 7 heteroatoms. The van der Waals surface area contributed by atoms with E-state index >= 15 is 0 Å². The fourth-order valence-electron chi connectivity index (χ4n) is 5.06. The van der Waals surface area contributed by atoms with Gasteiger partial charge in [0.05, 0.1) is 31.0 Å². The van der Waals surface area contributed by atoms with Crippen LogP contribution >= 0.6 is 0 Å². The SMILES string of the molecule is Cc1ccc(C)c(CN2C[C@]34C=C[C@H](O3)[C@@H](C(=O)N(C)Cc3ccon3)[C@@H]4C2=O)c1. The number of nitrogens with zero attached hydrogens (tertiary/aromatic N) is 3. The van der Waals surface area contributed by atoms with Crippen molar-refractivity contribution in [1.82, 2.24) is 15.0 Å². The van der Waals surface area contributed by atoms with Crippen molar-refractivity contribution in [1.29, 1.82) is 0 Å². The summed E-state index contributed by atoms with van der Waals surface area (Å²) in [6.45, 7) is 5.45. The number of hydrogen-bond donors (Lipinski definition) is 0. The summed E-state index contributed by atoms with van der Waals surface area (Å²) in [6, 6.07) is 8.01. The van der Waals surface area contributed by atoms with Gasteiger partial charge in [-0.3, -0.25) is 9.59 Å². The van der Waals surface area contributed by atoms with Crippen LogP contribution in [0, 0.1) is 25.7 Å². The standard InChI is InChI=1S/C23H25N3O4/c1-14-4-5-15(2)16(10-14)11-26-13-23-8-6-18(30-23)19(20(23)22(26)28)21(27)25(3)12-17-7-9-29-24-17/h4-10,18-20H,11-13H2,1-3H3/t18-,19+,20+,23-/m0/s1. The summed E-state index contributed by atoms with van der Waals surface area (Å²) in [5, 5.41) is 3.88. The van der Waals surface area contributed by atoms with Crippen molar-refractivity contribution in [2.45, 2.75) is 38.6 Å². The lowest BCUT2D eigenvalue weighted by Gasteiger charge is -2.27. The summed E-state index contributed by atoms with van der Waals surface area (Å²) >= 11 is 0. The Morgan fingerprint density at radius 3 is 2.93 bits per heavy atom. The fraction of sp³-hybridized carbons (Fsp3) is 0.435. The van der Waals surface area contributed by atoms with Crippen LogP contribution < -0.4 is 0 Å². The summed E-state index contributed by atoms with van der Waals surface area (Å²) in [7, 11) is 1.73. The van der Waals surface area contributed by atoms with Gasteiger partial charge in [0, 0.05) is 19.7 Å². The van der Waals surface area contributed by atoms with Crippen LogP contribution in [0.4, 0.5) is 0 Å². The minimum Gasteiger partial charge on any atom is -0.364 e. The highest BCUT2D eigenvalue weighted by molar-refractivity contribution is 5.93. The monoisotopic (exact) mass is 407 g/mol. The molecule has 3 aliphatic heterocycles. The molecule has 7 nitrogen and oxygen atoms in total. The Bertz CT molecular complexity index is 1030. The molecule has 1 aromatic heterocycles. The van der Waals surface area contributed by atoms with Gasteiger partial charge in [0.15, 0.2) is 0 Å². The van der Waals surface area contributed by atoms with Gasteiger partial charge in [-0.25, -0.2) is 0 Å². The quantitative estimate of drug-likeness (QED) is 0.711. The van der Waals surface area contributed by atoms with Gasteiger partial charge in [-0.05, 0) is 25.0 Å². The molecule has 2 bridgehead atoms. The Kier molecular flexibility index (Phi) is 4.32. The molecule has 2 amide bonds. The normalized spacial score (nSPS) is 29.0. The van der Waals surface area contributed by atoms with Gasteiger partial charge >= 0.3 is 0 Å². The Morgan fingerprint density at radius 2 is 2.17 bits per heavy atom. The van der Waals surface area contributed by atoms with Gasteiger partial charge in [0.2, 0.25) is 11.8 Å². The first-order valence-electron chi connectivity index (χ1n) is 10.2. The number of fused-ring (bicyclic) bond motifs is 1. The summed E-state index contributed by atoms with van der Waals surface area (Å²) < 4.78 is 11.1. The second-order valence-corrected chi connectivity index (χ2v) is 8.71. The highest BCUT2D eigenvalue weighted by atomic mass is 16.5. The van der Waals surface area contributed by atoms with Crippen molar-refractivity contribution in [3.05, 3.63) is 65.1 Å². The van der Waals surface area contributed by atoms with E-state index < -0.39 is 17.4 Å². The Morgan fingerprint density at radius 1 is 1.33 bits per heavy atom. The van der Waals surface area contributed by atoms with E-state index in [1.165, 1.54) is 11.8 Å². The van der Waals surface area contributed by atoms with Crippen LogP contribution in [0.15, 0.2) is 47.2 Å². The average molecular weight is 407 g/mol. The molecule has 0 aliphatic carbocycles. The first kappa shape index (κ1) is 19.1.